The zero-order valence-electron chi connectivity index (χ0n) is 7.45. The summed E-state index contributed by atoms with van der Waals surface area (Å²) < 4.78 is 8.08. The van der Waals surface area contributed by atoms with Gasteiger partial charge in [-0.15, -0.1) is 0 Å². The van der Waals surface area contributed by atoms with E-state index >= 15 is 0 Å². The van der Waals surface area contributed by atoms with Crippen molar-refractivity contribution in [3.63, 3.8) is 0 Å². The van der Waals surface area contributed by atoms with Crippen molar-refractivity contribution in [2.45, 2.75) is 0 Å². The minimum absolute atomic E-state index is 0. The minimum atomic E-state index is -2.33. The van der Waals surface area contributed by atoms with E-state index in [0.717, 1.165) is 0 Å². The maximum atomic E-state index is 9.74. The Morgan fingerprint density at radius 1 is 1.00 bits per heavy atom. The number of carbonyl (C=O) groups is 2. The predicted molar refractivity (Wildman–Crippen MR) is 24.8 cm³/mol. The molecular weight excluding hydrogens is 410 g/mol. The van der Waals surface area contributed by atoms with Gasteiger partial charge in [0.1, 0.15) is 0 Å². The average Bonchev–Trinajstić information content (AvgIpc) is 1.85. The number of carboxylic acid groups (broad SMARTS) is 2. The summed E-state index contributed by atoms with van der Waals surface area (Å²) in [5.74, 6) is 0. The van der Waals surface area contributed by atoms with Gasteiger partial charge in [-0.05, 0) is 6.16 Å². The van der Waals surface area contributed by atoms with Gasteiger partial charge in [-0.2, -0.15) is 0 Å². The van der Waals surface area contributed by atoms with Crippen molar-refractivity contribution in [3.8, 4) is 0 Å². The SMILES string of the molecule is COC(=O)OC.O=C([O-])[O-].[Cs+].[Cs+]. The Morgan fingerprint density at radius 2 is 1.17 bits per heavy atom. The van der Waals surface area contributed by atoms with Crippen molar-refractivity contribution in [3.05, 3.63) is 0 Å². The third-order valence-corrected chi connectivity index (χ3v) is 0.333. The van der Waals surface area contributed by atoms with Crippen LogP contribution in [0.2, 0.25) is 0 Å². The molecule has 0 spiro atoms. The van der Waals surface area contributed by atoms with Gasteiger partial charge in [0.25, 0.3) is 0 Å². The van der Waals surface area contributed by atoms with Gasteiger partial charge in [0.05, 0.1) is 14.2 Å². The third-order valence-electron chi connectivity index (χ3n) is 0.333. The molecule has 0 heterocycles. The van der Waals surface area contributed by atoms with Crippen LogP contribution in [0.15, 0.2) is 0 Å². The standard InChI is InChI=1S/C3H6O3.CH2O3.2Cs/c1-5-3(4)6-2;2-1(3)4;;/h1-2H3;(H2,2,3,4);;/q;;2*+1/p-2. The van der Waals surface area contributed by atoms with E-state index in [-0.39, 0.29) is 138 Å². The van der Waals surface area contributed by atoms with Crippen LogP contribution in [-0.2, 0) is 9.47 Å². The molecule has 0 fully saturated rings. The Hall–Kier alpha value is 2.64. The summed E-state index contributed by atoms with van der Waals surface area (Å²) in [6.45, 7) is 0. The zero-order valence-corrected chi connectivity index (χ0v) is 20.0. The molecule has 0 N–H and O–H groups in total. The second-order valence-electron chi connectivity index (χ2n) is 0.908. The van der Waals surface area contributed by atoms with Gasteiger partial charge in [0, 0.05) is 0 Å². The van der Waals surface area contributed by atoms with E-state index in [1.165, 1.54) is 14.2 Å². The molecule has 60 valence electrons. The molecule has 0 amide bonds. The summed E-state index contributed by atoms with van der Waals surface area (Å²) in [4.78, 5) is 18.1. The summed E-state index contributed by atoms with van der Waals surface area (Å²) in [6, 6.07) is 0. The molecule has 0 saturated carbocycles. The van der Waals surface area contributed by atoms with Gasteiger partial charge < -0.3 is 24.5 Å². The van der Waals surface area contributed by atoms with Crippen LogP contribution in [0.4, 0.5) is 9.59 Å². The van der Waals surface area contributed by atoms with E-state index in [2.05, 4.69) is 9.47 Å². The fourth-order valence-electron chi connectivity index (χ4n) is 0.0833. The molecule has 0 saturated heterocycles. The van der Waals surface area contributed by atoms with Crippen molar-refractivity contribution in [2.24, 2.45) is 0 Å². The normalized spacial score (nSPS) is 5.50. The number of carbonyl (C=O) groups excluding carboxylic acids is 2. The number of methoxy groups -OCH3 is 2. The van der Waals surface area contributed by atoms with E-state index in [9.17, 15) is 4.79 Å². The summed E-state index contributed by atoms with van der Waals surface area (Å²) >= 11 is 0. The molecule has 8 heteroatoms. The summed E-state index contributed by atoms with van der Waals surface area (Å²) in [5.41, 5.74) is 0. The van der Waals surface area contributed by atoms with Crippen molar-refractivity contribution in [1.82, 2.24) is 0 Å². The number of ether oxygens (including phenoxy) is 2. The summed E-state index contributed by atoms with van der Waals surface area (Å²) in [5, 5.41) is 16.7. The maximum Gasteiger partial charge on any atom is 1.00 e. The molecular formula is C4H6Cs2O6. The molecule has 0 aliphatic carbocycles. The number of hydrogen-bond donors (Lipinski definition) is 0. The topological polar surface area (TPSA) is 98.7 Å². The van der Waals surface area contributed by atoms with E-state index in [0.29, 0.717) is 0 Å². The fraction of sp³-hybridized carbons (Fsp3) is 0.500. The van der Waals surface area contributed by atoms with E-state index in [1.54, 1.807) is 0 Å². The van der Waals surface area contributed by atoms with Gasteiger partial charge in [-0.25, -0.2) is 4.79 Å². The van der Waals surface area contributed by atoms with Crippen LogP contribution in [0, 0.1) is 0 Å². The van der Waals surface area contributed by atoms with Crippen molar-refractivity contribution >= 4 is 12.3 Å². The van der Waals surface area contributed by atoms with Crippen LogP contribution in [0.3, 0.4) is 0 Å². The van der Waals surface area contributed by atoms with Gasteiger partial charge in [-0.3, -0.25) is 0 Å². The van der Waals surface area contributed by atoms with Gasteiger partial charge in [0.2, 0.25) is 0 Å². The largest absolute Gasteiger partial charge is 1.00 e. The molecule has 0 aromatic rings. The Bertz CT molecular complexity index is 106. The molecule has 0 bridgehead atoms. The number of hydrogen-bond acceptors (Lipinski definition) is 6. The van der Waals surface area contributed by atoms with E-state index < -0.39 is 12.3 Å². The molecule has 0 rings (SSSR count). The van der Waals surface area contributed by atoms with Crippen LogP contribution < -0.4 is 148 Å². The summed E-state index contributed by atoms with van der Waals surface area (Å²) in [6.07, 6.45) is -2.99. The number of rotatable bonds is 0. The third kappa shape index (κ3) is 38.8. The Kier molecular flexibility index (Phi) is 38.6. The van der Waals surface area contributed by atoms with Crippen LogP contribution in [0.1, 0.15) is 0 Å². The first kappa shape index (κ1) is 24.1. The maximum absolute atomic E-state index is 9.74. The molecule has 0 aliphatic heterocycles. The quantitative estimate of drug-likeness (QED) is 0.364. The average molecular weight is 416 g/mol. The second kappa shape index (κ2) is 19.3. The van der Waals surface area contributed by atoms with E-state index in [4.69, 9.17) is 15.0 Å². The van der Waals surface area contributed by atoms with E-state index in [1.807, 2.05) is 0 Å². The first-order valence-electron chi connectivity index (χ1n) is 2.04. The molecule has 0 atom stereocenters. The van der Waals surface area contributed by atoms with Gasteiger partial charge in [0.15, 0.2) is 0 Å². The minimum Gasteiger partial charge on any atom is -0.652 e. The second-order valence-corrected chi connectivity index (χ2v) is 0.908. The Morgan fingerprint density at radius 3 is 1.17 bits per heavy atom. The summed E-state index contributed by atoms with van der Waals surface area (Å²) in [7, 11) is 2.51. The molecule has 0 unspecified atom stereocenters. The van der Waals surface area contributed by atoms with Crippen molar-refractivity contribution < 1.29 is 167 Å². The predicted octanol–water partition coefficient (Wildman–Crippen LogP) is -8.04. The first-order valence-corrected chi connectivity index (χ1v) is 2.04. The van der Waals surface area contributed by atoms with Crippen molar-refractivity contribution in [1.29, 1.82) is 0 Å². The molecule has 0 radical (unpaired) electrons. The molecule has 6 nitrogen and oxygen atoms in total. The monoisotopic (exact) mass is 416 g/mol. The fourth-order valence-corrected chi connectivity index (χ4v) is 0.0833. The van der Waals surface area contributed by atoms with Crippen LogP contribution in [0.5, 0.6) is 0 Å². The Balaban J connectivity index is -0.0000000483. The smallest absolute Gasteiger partial charge is 0.652 e. The molecule has 0 aliphatic rings. The van der Waals surface area contributed by atoms with Crippen LogP contribution in [0.25, 0.3) is 0 Å². The molecule has 0 aromatic heterocycles. The zero-order chi connectivity index (χ0) is 8.57. The van der Waals surface area contributed by atoms with Crippen molar-refractivity contribution in [2.75, 3.05) is 14.2 Å². The van der Waals surface area contributed by atoms with Crippen LogP contribution >= 0.6 is 0 Å². The first-order chi connectivity index (χ1) is 4.54. The van der Waals surface area contributed by atoms with Crippen LogP contribution in [-0.4, -0.2) is 26.5 Å². The molecule has 0 aromatic carbocycles. The molecule has 12 heavy (non-hydrogen) atoms. The van der Waals surface area contributed by atoms with Gasteiger partial charge >= 0.3 is 144 Å². The van der Waals surface area contributed by atoms with Gasteiger partial charge in [-0.1, -0.05) is 0 Å². The Labute approximate surface area is 188 Å².